The number of piperidine rings is 4. The Morgan fingerprint density at radius 2 is 0.735 bits per heavy atom. The zero-order valence-electron chi connectivity index (χ0n) is 81.3. The molecular weight excluding hydrogens is 1790 g/mol. The minimum Gasteiger partial charge on any atom is -0.460 e. The maximum atomic E-state index is 12.8. The molecule has 19 rings (SSSR count). The highest BCUT2D eigenvalue weighted by Gasteiger charge is 2.48. The molecular formula is C98H132Cl3N25O10. The molecule has 0 aromatic carbocycles. The van der Waals surface area contributed by atoms with E-state index in [-0.39, 0.29) is 72.1 Å². The number of fused-ring (bicyclic) bond motifs is 12. The number of nitrogens with zero attached hydrogens (tertiary/aromatic N) is 15. The van der Waals surface area contributed by atoms with Crippen molar-refractivity contribution in [1.29, 1.82) is 0 Å². The highest BCUT2D eigenvalue weighted by atomic mass is 35.5. The molecule has 0 radical (unpaired) electrons. The van der Waals surface area contributed by atoms with Crippen molar-refractivity contribution in [2.24, 2.45) is 5.73 Å². The Morgan fingerprint density at radius 3 is 1.07 bits per heavy atom. The number of carbonyl (C=O) groups excluding carboxylic acids is 5. The first-order chi connectivity index (χ1) is 64.1. The second-order valence-corrected chi connectivity index (χ2v) is 42.2. The van der Waals surface area contributed by atoms with Gasteiger partial charge in [0, 0.05) is 185 Å². The molecule has 38 heteroatoms. The number of esters is 1. The first kappa shape index (κ1) is 102. The van der Waals surface area contributed by atoms with E-state index in [2.05, 4.69) is 93.4 Å². The lowest BCUT2D eigenvalue weighted by molar-refractivity contribution is -0.151. The average molecular weight is 1930 g/mol. The highest BCUT2D eigenvalue weighted by molar-refractivity contribution is 6.36. The van der Waals surface area contributed by atoms with Crippen LogP contribution in [-0.4, -0.2) is 216 Å². The summed E-state index contributed by atoms with van der Waals surface area (Å²) in [5.41, 5.74) is 15.2. The van der Waals surface area contributed by atoms with Gasteiger partial charge in [-0.25, -0.2) is 39.1 Å². The zero-order chi connectivity index (χ0) is 98.0. The number of aryl methyl sites for hydroxylation is 3. The van der Waals surface area contributed by atoms with E-state index in [0.717, 1.165) is 179 Å². The third-order valence-corrected chi connectivity index (χ3v) is 24.4. The van der Waals surface area contributed by atoms with Gasteiger partial charge in [-0.3, -0.25) is 34.9 Å². The van der Waals surface area contributed by atoms with Crippen molar-refractivity contribution in [3.8, 4) is 0 Å². The van der Waals surface area contributed by atoms with E-state index in [0.29, 0.717) is 68.8 Å². The lowest BCUT2D eigenvalue weighted by Gasteiger charge is -2.39. The Hall–Kier alpha value is -11.8. The van der Waals surface area contributed by atoms with E-state index in [9.17, 15) is 24.0 Å². The van der Waals surface area contributed by atoms with E-state index in [1.807, 2.05) is 185 Å². The summed E-state index contributed by atoms with van der Waals surface area (Å²) in [6, 6.07) is 32.3. The van der Waals surface area contributed by atoms with Gasteiger partial charge in [0.1, 0.15) is 78.4 Å². The predicted octanol–water partition coefficient (Wildman–Crippen LogP) is 20.2. The molecule has 8 aliphatic heterocycles. The second-order valence-electron chi connectivity index (χ2n) is 41.1. The fourth-order valence-electron chi connectivity index (χ4n) is 18.7. The van der Waals surface area contributed by atoms with Crippen molar-refractivity contribution < 1.29 is 47.7 Å². The van der Waals surface area contributed by atoms with Crippen LogP contribution in [-0.2, 0) is 28.5 Å². The number of hydrogen-bond donors (Lipinski definition) is 10. The van der Waals surface area contributed by atoms with Crippen LogP contribution in [0.15, 0.2) is 116 Å². The maximum Gasteiger partial charge on any atom is 0.435 e. The van der Waals surface area contributed by atoms with E-state index in [4.69, 9.17) is 79.9 Å². The van der Waals surface area contributed by atoms with Gasteiger partial charge in [0.15, 0.2) is 11.6 Å². The van der Waals surface area contributed by atoms with Gasteiger partial charge in [-0.1, -0.05) is 34.8 Å². The van der Waals surface area contributed by atoms with Crippen LogP contribution in [0.2, 0.25) is 15.5 Å². The van der Waals surface area contributed by atoms with Crippen molar-refractivity contribution in [3.05, 3.63) is 148 Å². The Labute approximate surface area is 809 Å². The molecule has 35 nitrogen and oxygen atoms in total. The number of nitrogens with two attached hydrogens (primary N) is 2. The quantitative estimate of drug-likeness (QED) is 0.0345. The summed E-state index contributed by atoms with van der Waals surface area (Å²) in [4.78, 5) is 101. The van der Waals surface area contributed by atoms with Crippen LogP contribution in [0, 0.1) is 20.8 Å². The van der Waals surface area contributed by atoms with Crippen molar-refractivity contribution in [2.45, 2.75) is 335 Å². The fraction of sp³-hybridized carbons (Fsp3) is 0.531. The molecule has 8 fully saturated rings. The number of pyridine rings is 8. The molecule has 8 aliphatic rings. The Balaban J connectivity index is 0.000000140. The van der Waals surface area contributed by atoms with Crippen LogP contribution >= 0.6 is 34.8 Å². The topological polar surface area (TPSA) is 444 Å². The molecule has 11 aromatic heterocycles. The van der Waals surface area contributed by atoms with Gasteiger partial charge >= 0.3 is 30.3 Å². The van der Waals surface area contributed by atoms with Crippen LogP contribution in [0.4, 0.5) is 65.7 Å². The lowest BCUT2D eigenvalue weighted by atomic mass is 9.97. The van der Waals surface area contributed by atoms with Crippen LogP contribution in [0.25, 0.3) is 43.6 Å². The first-order valence-electron chi connectivity index (χ1n) is 46.8. The first-order valence-corrected chi connectivity index (χ1v) is 47.9. The molecule has 730 valence electrons. The number of nitrogen functional groups attached to an aromatic ring is 1. The standard InChI is InChI=1S/C24H31N7O2.C20H25ClN4O2.C19H23N7.C12H22N2O2.C9H15N3O2.C8H4Cl2N2.C6H12O2/c1-14-10-21(30-29-14)27-20-13-19-18(6-5-9-25-19)22(28-20)26-15-11-16-7-8-17(12-15)31(16)23(32)33-24(2,3)4;1-20(2,3)27-19(26)25-13-6-7-14(25)10-12(9-13)23-18-15-5-4-8-22-16(15)11-17(21)24-18;1-11-7-18(26-25-11)23-17-10-16-15(3-2-6-20-16)19(24-17)22-14-8-12-4-5-13(9-14)21-12;1-12(2,3)16-11(15)14-9-4-5-10(14)7-8(13)6-9;1-6-5-7(10)11-12(6)8(13)14-9(2,3)4;9-7-4-6-5(8(10)12-7)2-1-3-11-6;1-5(7)8-6(2,3)4/h5-6,9-10,13,15-17H,7-8,11-12H2,1-4H3,(H3,26,27,28,29,30);4-5,8,11-14H,6-7,9-10H2,1-3H3,(H,23,24);2-3,6-7,10,12-14,21H,4-5,8-9H2,1H3,(H3,22,23,24,25,26);8-10H,4-7,13H2,1-3H3;5H,1-4H3,(H2,10,11);1-4H;1-4H3/t15?,16-,17+;12?,13-,14+;12-,13+,14?;8?,9-,10+;;;. The van der Waals surface area contributed by atoms with Gasteiger partial charge in [-0.2, -0.15) is 14.9 Å². The molecule has 19 heterocycles. The van der Waals surface area contributed by atoms with Gasteiger partial charge in [0.05, 0.1) is 22.1 Å². The minimum absolute atomic E-state index is 0.160. The number of H-pyrrole nitrogens is 2. The number of hydrogen-bond acceptors (Lipinski definition) is 29. The van der Waals surface area contributed by atoms with Crippen LogP contribution in [0.3, 0.4) is 0 Å². The summed E-state index contributed by atoms with van der Waals surface area (Å²) in [6.45, 7) is 35.2. The Bertz CT molecular complexity index is 5950. The third kappa shape index (κ3) is 28.5. The van der Waals surface area contributed by atoms with Gasteiger partial charge < -0.3 is 81.8 Å². The number of ether oxygens (including phenoxy) is 5. The summed E-state index contributed by atoms with van der Waals surface area (Å²) in [7, 11) is 0. The number of aromatic nitrogens is 14. The van der Waals surface area contributed by atoms with Crippen molar-refractivity contribution in [3.63, 3.8) is 0 Å². The van der Waals surface area contributed by atoms with Crippen molar-refractivity contribution in [1.82, 2.24) is 90.1 Å². The summed E-state index contributed by atoms with van der Waals surface area (Å²) in [5, 5.41) is 44.3. The molecule has 8 bridgehead atoms. The summed E-state index contributed by atoms with van der Waals surface area (Å²) >= 11 is 17.7. The third-order valence-electron chi connectivity index (χ3n) is 23.7. The van der Waals surface area contributed by atoms with Gasteiger partial charge in [-0.15, -0.1) is 5.10 Å². The SMILES string of the molecule is CC(=O)OC(C)(C)C.CC(C)(C)OC(=O)N1[C@@H]2CC[C@H]1CC(N)C2.CC(C)(C)OC(=O)N1[C@@H]2CC[C@H]1CC(Nc1nc(Cl)cc3ncccc13)C2.Cc1cc(N)nn1C(=O)OC(C)(C)C.Cc1cc(Nc2cc3ncccc3c(NC3C[C@H]4CC[C@@H](C3)N4)n2)n[nH]1.Cc1cc(Nc2cc3ncccc3c(NC3C[C@H]4CC[C@@H](C3)N4C(=O)OC(C)(C)C)n2)n[nH]1.Clc1cc2ncccc2c(Cl)n1. The van der Waals surface area contributed by atoms with Gasteiger partial charge in [-0.05, 0) is 276 Å². The van der Waals surface area contributed by atoms with Crippen LogP contribution in [0.5, 0.6) is 0 Å². The number of halogens is 3. The number of rotatable bonds is 10. The van der Waals surface area contributed by atoms with E-state index in [1.54, 1.807) is 64.5 Å². The number of anilines is 8. The summed E-state index contributed by atoms with van der Waals surface area (Å²) < 4.78 is 27.8. The molecule has 0 saturated carbocycles. The van der Waals surface area contributed by atoms with E-state index < -0.39 is 28.5 Å². The van der Waals surface area contributed by atoms with Crippen molar-refractivity contribution >= 4 is 155 Å². The van der Waals surface area contributed by atoms with E-state index in [1.165, 1.54) is 19.8 Å². The molecule has 8 saturated heterocycles. The molecule has 0 aliphatic carbocycles. The molecule has 12 atom stereocenters. The highest BCUT2D eigenvalue weighted by Crippen LogP contribution is 2.43. The minimum atomic E-state index is -0.524. The number of nitrogens with one attached hydrogen (secondary N) is 8. The number of aromatic amines is 2. The van der Waals surface area contributed by atoms with Crippen LogP contribution < -0.4 is 43.4 Å². The fourth-order valence-corrected chi connectivity index (χ4v) is 19.4. The van der Waals surface area contributed by atoms with Gasteiger partial charge in [0.2, 0.25) is 0 Å². The maximum absolute atomic E-state index is 12.8. The largest absolute Gasteiger partial charge is 0.460 e. The normalized spacial score (nSPS) is 21.9. The Kier molecular flexibility index (Phi) is 32.3. The zero-order valence-corrected chi connectivity index (χ0v) is 83.6. The number of amides is 3. The second kappa shape index (κ2) is 43.3. The molecule has 136 heavy (non-hydrogen) atoms. The van der Waals surface area contributed by atoms with E-state index >= 15 is 0 Å². The molecule has 0 spiro atoms. The van der Waals surface area contributed by atoms with Crippen molar-refractivity contribution in [2.75, 3.05) is 32.3 Å². The smallest absolute Gasteiger partial charge is 0.435 e. The Morgan fingerprint density at radius 1 is 0.404 bits per heavy atom. The molecule has 3 amide bonds. The summed E-state index contributed by atoms with van der Waals surface area (Å²) in [6.07, 6.45) is 22.5. The average Bonchev–Trinajstić information content (AvgIpc) is 1.58. The monoisotopic (exact) mass is 1920 g/mol. The molecule has 4 unspecified atom stereocenters. The molecule has 11 aromatic rings. The van der Waals surface area contributed by atoms with Gasteiger partial charge in [0.25, 0.3) is 0 Å². The molecule has 12 N–H and O–H groups in total. The van der Waals surface area contributed by atoms with Crippen LogP contribution in [0.1, 0.15) is 231 Å². The number of carbonyl (C=O) groups is 5. The lowest BCUT2D eigenvalue weighted by Crippen LogP contribution is -2.51. The summed E-state index contributed by atoms with van der Waals surface area (Å²) in [5.74, 6) is 5.46. The predicted molar refractivity (Wildman–Crippen MR) is 533 cm³/mol.